The monoisotopic (exact) mass is 274 g/mol. The van der Waals surface area contributed by atoms with Crippen molar-refractivity contribution in [3.8, 4) is 0 Å². The van der Waals surface area contributed by atoms with Crippen molar-refractivity contribution >= 4 is 5.91 Å². The first-order chi connectivity index (χ1) is 9.58. The van der Waals surface area contributed by atoms with Crippen LogP contribution < -0.4 is 11.1 Å². The fraction of sp³-hybridized carbons (Fsp3) is 0.588. The van der Waals surface area contributed by atoms with E-state index in [9.17, 15) is 4.79 Å². The molecule has 0 radical (unpaired) electrons. The highest BCUT2D eigenvalue weighted by atomic mass is 16.1. The van der Waals surface area contributed by atoms with Crippen LogP contribution in [0.3, 0.4) is 0 Å². The molecule has 1 amide bonds. The fourth-order valence-electron chi connectivity index (χ4n) is 3.05. The Labute approximate surface area is 121 Å². The summed E-state index contributed by atoms with van der Waals surface area (Å²) >= 11 is 0. The third-order valence-electron chi connectivity index (χ3n) is 4.37. The van der Waals surface area contributed by atoms with Gasteiger partial charge in [-0.3, -0.25) is 4.79 Å². The minimum atomic E-state index is 0.119. The number of amides is 1. The first kappa shape index (κ1) is 15.0. The van der Waals surface area contributed by atoms with Gasteiger partial charge in [-0.05, 0) is 30.7 Å². The number of hydrogen-bond donors (Lipinski definition) is 2. The second-order valence-electron chi connectivity index (χ2n) is 6.28. The summed E-state index contributed by atoms with van der Waals surface area (Å²) in [5.41, 5.74) is 7.18. The molecule has 1 aliphatic carbocycles. The van der Waals surface area contributed by atoms with E-state index in [0.29, 0.717) is 18.4 Å². The van der Waals surface area contributed by atoms with Crippen LogP contribution in [0.15, 0.2) is 30.3 Å². The Morgan fingerprint density at radius 2 is 2.00 bits per heavy atom. The average molecular weight is 274 g/mol. The third kappa shape index (κ3) is 3.83. The summed E-state index contributed by atoms with van der Waals surface area (Å²) in [6, 6.07) is 10.6. The van der Waals surface area contributed by atoms with Crippen LogP contribution in [-0.2, 0) is 4.79 Å². The molecular weight excluding hydrogens is 248 g/mol. The number of nitrogens with one attached hydrogen (secondary N) is 1. The van der Waals surface area contributed by atoms with Crippen molar-refractivity contribution in [3.63, 3.8) is 0 Å². The van der Waals surface area contributed by atoms with Crippen LogP contribution in [0.1, 0.15) is 44.6 Å². The molecule has 110 valence electrons. The summed E-state index contributed by atoms with van der Waals surface area (Å²) in [4.78, 5) is 12.2. The molecule has 0 spiro atoms. The van der Waals surface area contributed by atoms with Gasteiger partial charge in [0.05, 0.1) is 0 Å². The number of nitrogens with two attached hydrogens (primary N) is 1. The van der Waals surface area contributed by atoms with Gasteiger partial charge in [0, 0.05) is 24.4 Å². The second-order valence-corrected chi connectivity index (χ2v) is 6.28. The maximum atomic E-state index is 12.2. The summed E-state index contributed by atoms with van der Waals surface area (Å²) < 4.78 is 0. The number of carbonyl (C=O) groups is 1. The van der Waals surface area contributed by atoms with Gasteiger partial charge in [-0.25, -0.2) is 0 Å². The Kier molecular flexibility index (Phi) is 5.18. The number of hydrogen-bond acceptors (Lipinski definition) is 2. The molecule has 3 nitrogen and oxygen atoms in total. The van der Waals surface area contributed by atoms with Gasteiger partial charge >= 0.3 is 0 Å². The molecule has 1 aromatic carbocycles. The molecule has 0 heterocycles. The first-order valence-corrected chi connectivity index (χ1v) is 7.66. The van der Waals surface area contributed by atoms with E-state index in [0.717, 1.165) is 19.3 Å². The third-order valence-corrected chi connectivity index (χ3v) is 4.37. The summed E-state index contributed by atoms with van der Waals surface area (Å²) in [6.07, 6.45) is 2.75. The van der Waals surface area contributed by atoms with Gasteiger partial charge in [-0.15, -0.1) is 0 Å². The van der Waals surface area contributed by atoms with Crippen LogP contribution in [0, 0.1) is 11.8 Å². The highest BCUT2D eigenvalue weighted by Crippen LogP contribution is 2.26. The van der Waals surface area contributed by atoms with E-state index in [4.69, 9.17) is 5.73 Å². The molecule has 0 saturated heterocycles. The number of carbonyl (C=O) groups excluding carboxylic acids is 1. The molecule has 0 bridgehead atoms. The van der Waals surface area contributed by atoms with E-state index in [2.05, 4.69) is 43.4 Å². The molecule has 1 aromatic rings. The van der Waals surface area contributed by atoms with Crippen LogP contribution in [-0.4, -0.2) is 18.5 Å². The zero-order valence-electron chi connectivity index (χ0n) is 12.5. The first-order valence-electron chi connectivity index (χ1n) is 7.66. The molecule has 1 fully saturated rings. The van der Waals surface area contributed by atoms with E-state index in [1.54, 1.807) is 0 Å². The molecule has 0 aliphatic heterocycles. The maximum Gasteiger partial charge on any atom is 0.223 e. The SMILES string of the molecule is CC(C)C(CNC(=O)C1CCC(N)C1)c1ccccc1. The van der Waals surface area contributed by atoms with Gasteiger partial charge in [0.15, 0.2) is 0 Å². The average Bonchev–Trinajstić information content (AvgIpc) is 2.86. The van der Waals surface area contributed by atoms with E-state index in [1.807, 2.05) is 6.07 Å². The van der Waals surface area contributed by atoms with E-state index in [-0.39, 0.29) is 17.9 Å². The second kappa shape index (κ2) is 6.89. The molecule has 3 N–H and O–H groups in total. The Bertz CT molecular complexity index is 430. The predicted molar refractivity (Wildman–Crippen MR) is 82.3 cm³/mol. The maximum absolute atomic E-state index is 12.2. The topological polar surface area (TPSA) is 55.1 Å². The zero-order chi connectivity index (χ0) is 14.5. The normalized spacial score (nSPS) is 23.8. The number of rotatable bonds is 5. The van der Waals surface area contributed by atoms with Crippen LogP contribution in [0.4, 0.5) is 0 Å². The summed E-state index contributed by atoms with van der Waals surface area (Å²) in [5.74, 6) is 1.17. The lowest BCUT2D eigenvalue weighted by Gasteiger charge is -2.23. The standard InChI is InChI=1S/C17H26N2O/c1-12(2)16(13-6-4-3-5-7-13)11-19-17(20)14-8-9-15(18)10-14/h3-7,12,14-16H,8-11,18H2,1-2H3,(H,19,20). The Morgan fingerprint density at radius 1 is 1.30 bits per heavy atom. The van der Waals surface area contributed by atoms with Gasteiger partial charge in [0.2, 0.25) is 5.91 Å². The van der Waals surface area contributed by atoms with Crippen molar-refractivity contribution in [3.05, 3.63) is 35.9 Å². The van der Waals surface area contributed by atoms with Crippen LogP contribution in [0.5, 0.6) is 0 Å². The Hall–Kier alpha value is -1.35. The zero-order valence-corrected chi connectivity index (χ0v) is 12.5. The van der Waals surface area contributed by atoms with Crippen molar-refractivity contribution in [1.29, 1.82) is 0 Å². The summed E-state index contributed by atoms with van der Waals surface area (Å²) in [6.45, 7) is 5.12. The quantitative estimate of drug-likeness (QED) is 0.867. The summed E-state index contributed by atoms with van der Waals surface area (Å²) in [5, 5.41) is 3.13. The lowest BCUT2D eigenvalue weighted by molar-refractivity contribution is -0.124. The minimum absolute atomic E-state index is 0.119. The smallest absolute Gasteiger partial charge is 0.223 e. The molecule has 20 heavy (non-hydrogen) atoms. The molecular formula is C17H26N2O. The minimum Gasteiger partial charge on any atom is -0.355 e. The molecule has 3 atom stereocenters. The largest absolute Gasteiger partial charge is 0.355 e. The summed E-state index contributed by atoms with van der Waals surface area (Å²) in [7, 11) is 0. The number of benzene rings is 1. The fourth-order valence-corrected chi connectivity index (χ4v) is 3.05. The highest BCUT2D eigenvalue weighted by Gasteiger charge is 2.28. The van der Waals surface area contributed by atoms with Crippen molar-refractivity contribution < 1.29 is 4.79 Å². The molecule has 3 unspecified atom stereocenters. The van der Waals surface area contributed by atoms with E-state index in [1.165, 1.54) is 5.56 Å². The molecule has 0 aromatic heterocycles. The molecule has 1 aliphatic rings. The predicted octanol–water partition coefficient (Wildman–Crippen LogP) is 2.67. The van der Waals surface area contributed by atoms with Gasteiger partial charge < -0.3 is 11.1 Å². The molecule has 3 heteroatoms. The van der Waals surface area contributed by atoms with E-state index < -0.39 is 0 Å². The van der Waals surface area contributed by atoms with Crippen molar-refractivity contribution in [2.24, 2.45) is 17.6 Å². The van der Waals surface area contributed by atoms with Gasteiger partial charge in [-0.2, -0.15) is 0 Å². The molecule has 1 saturated carbocycles. The van der Waals surface area contributed by atoms with Crippen molar-refractivity contribution in [2.45, 2.75) is 45.1 Å². The lowest BCUT2D eigenvalue weighted by Crippen LogP contribution is -2.34. The van der Waals surface area contributed by atoms with Gasteiger partial charge in [0.1, 0.15) is 0 Å². The Morgan fingerprint density at radius 3 is 2.55 bits per heavy atom. The highest BCUT2D eigenvalue weighted by molar-refractivity contribution is 5.79. The van der Waals surface area contributed by atoms with Gasteiger partial charge in [-0.1, -0.05) is 44.2 Å². The van der Waals surface area contributed by atoms with Crippen LogP contribution in [0.25, 0.3) is 0 Å². The van der Waals surface area contributed by atoms with Crippen molar-refractivity contribution in [2.75, 3.05) is 6.54 Å². The van der Waals surface area contributed by atoms with Crippen LogP contribution >= 0.6 is 0 Å². The lowest BCUT2D eigenvalue weighted by atomic mass is 9.88. The van der Waals surface area contributed by atoms with Crippen LogP contribution in [0.2, 0.25) is 0 Å². The van der Waals surface area contributed by atoms with Crippen molar-refractivity contribution in [1.82, 2.24) is 5.32 Å². The molecule has 2 rings (SSSR count). The van der Waals surface area contributed by atoms with Gasteiger partial charge in [0.25, 0.3) is 0 Å². The van der Waals surface area contributed by atoms with E-state index >= 15 is 0 Å². The Balaban J connectivity index is 1.91.